The lowest BCUT2D eigenvalue weighted by atomic mass is 10.0. The Labute approximate surface area is 145 Å². The first-order chi connectivity index (χ1) is 12.0. The molecule has 2 N–H and O–H groups in total. The molecule has 1 aromatic heterocycles. The lowest BCUT2D eigenvalue weighted by Crippen LogP contribution is -2.35. The van der Waals surface area contributed by atoms with E-state index in [0.717, 1.165) is 24.1 Å². The molecule has 0 atom stereocenters. The van der Waals surface area contributed by atoms with Gasteiger partial charge in [-0.25, -0.2) is 0 Å². The number of benzene rings is 1. The molecule has 2 aromatic rings. The number of carbonyl (C=O) groups is 3. The fourth-order valence-corrected chi connectivity index (χ4v) is 2.83. The van der Waals surface area contributed by atoms with Gasteiger partial charge in [-0.1, -0.05) is 6.07 Å². The molecule has 2 heterocycles. The Kier molecular flexibility index (Phi) is 4.83. The van der Waals surface area contributed by atoms with Crippen LogP contribution in [0, 0.1) is 0 Å². The third-order valence-electron chi connectivity index (χ3n) is 4.05. The Morgan fingerprint density at radius 2 is 2.04 bits per heavy atom. The summed E-state index contributed by atoms with van der Waals surface area (Å²) in [5.74, 6) is -0.998. The molecule has 0 unspecified atom stereocenters. The topological polar surface area (TPSA) is 91.7 Å². The molecule has 0 fully saturated rings. The zero-order chi connectivity index (χ0) is 17.8. The second-order valence-corrected chi connectivity index (χ2v) is 5.83. The van der Waals surface area contributed by atoms with Gasteiger partial charge in [0.15, 0.2) is 0 Å². The van der Waals surface area contributed by atoms with Crippen LogP contribution < -0.4 is 15.5 Å². The number of nitrogens with one attached hydrogen (secondary N) is 2. The largest absolute Gasteiger partial charge is 0.467 e. The molecule has 7 heteroatoms. The van der Waals surface area contributed by atoms with E-state index in [4.69, 9.17) is 4.42 Å². The lowest BCUT2D eigenvalue weighted by Gasteiger charge is -2.29. The van der Waals surface area contributed by atoms with Crippen molar-refractivity contribution in [3.05, 3.63) is 47.9 Å². The van der Waals surface area contributed by atoms with Crippen molar-refractivity contribution in [3.8, 4) is 0 Å². The van der Waals surface area contributed by atoms with E-state index in [1.54, 1.807) is 29.2 Å². The summed E-state index contributed by atoms with van der Waals surface area (Å²) in [6.45, 7) is 2.31. The van der Waals surface area contributed by atoms with E-state index in [0.29, 0.717) is 18.0 Å². The highest BCUT2D eigenvalue weighted by atomic mass is 16.3. The third-order valence-corrected chi connectivity index (χ3v) is 4.05. The number of hydrogen-bond acceptors (Lipinski definition) is 4. The van der Waals surface area contributed by atoms with Crippen LogP contribution >= 0.6 is 0 Å². The predicted molar refractivity (Wildman–Crippen MR) is 92.0 cm³/mol. The Balaban J connectivity index is 1.66. The molecule has 1 aromatic carbocycles. The van der Waals surface area contributed by atoms with Gasteiger partial charge in [0.1, 0.15) is 5.76 Å². The van der Waals surface area contributed by atoms with Crippen molar-refractivity contribution in [1.82, 2.24) is 5.32 Å². The number of fused-ring (bicyclic) bond motifs is 1. The molecule has 3 rings (SSSR count). The van der Waals surface area contributed by atoms with Crippen LogP contribution in [-0.2, 0) is 27.3 Å². The first-order valence-corrected chi connectivity index (χ1v) is 8.07. The van der Waals surface area contributed by atoms with Crippen molar-refractivity contribution in [2.45, 2.75) is 26.3 Å². The summed E-state index contributed by atoms with van der Waals surface area (Å²) >= 11 is 0. The summed E-state index contributed by atoms with van der Waals surface area (Å²) in [5.41, 5.74) is 2.32. The highest BCUT2D eigenvalue weighted by molar-refractivity contribution is 6.39. The van der Waals surface area contributed by atoms with Gasteiger partial charge in [-0.15, -0.1) is 0 Å². The van der Waals surface area contributed by atoms with Crippen molar-refractivity contribution in [2.24, 2.45) is 0 Å². The number of aryl methyl sites for hydroxylation is 1. The summed E-state index contributed by atoms with van der Waals surface area (Å²) in [4.78, 5) is 37.3. The van der Waals surface area contributed by atoms with Crippen molar-refractivity contribution in [2.75, 3.05) is 16.8 Å². The molecule has 0 bridgehead atoms. The van der Waals surface area contributed by atoms with Gasteiger partial charge in [0.25, 0.3) is 0 Å². The van der Waals surface area contributed by atoms with Gasteiger partial charge in [-0.05, 0) is 42.7 Å². The zero-order valence-electron chi connectivity index (χ0n) is 13.9. The average Bonchev–Trinajstić information content (AvgIpc) is 3.12. The van der Waals surface area contributed by atoms with E-state index in [2.05, 4.69) is 10.6 Å². The molecular weight excluding hydrogens is 322 g/mol. The lowest BCUT2D eigenvalue weighted by molar-refractivity contribution is -0.136. The third kappa shape index (κ3) is 3.88. The molecule has 3 amide bonds. The van der Waals surface area contributed by atoms with Crippen LogP contribution in [0.3, 0.4) is 0 Å². The molecule has 0 aliphatic carbocycles. The molecule has 7 nitrogen and oxygen atoms in total. The predicted octanol–water partition coefficient (Wildman–Crippen LogP) is 1.83. The van der Waals surface area contributed by atoms with E-state index >= 15 is 0 Å². The number of rotatable bonds is 3. The Morgan fingerprint density at radius 1 is 1.20 bits per heavy atom. The summed E-state index contributed by atoms with van der Waals surface area (Å²) in [6, 6.07) is 8.75. The van der Waals surface area contributed by atoms with Gasteiger partial charge in [0, 0.05) is 24.8 Å². The Morgan fingerprint density at radius 3 is 2.76 bits per heavy atom. The summed E-state index contributed by atoms with van der Waals surface area (Å²) < 4.78 is 5.09. The summed E-state index contributed by atoms with van der Waals surface area (Å²) in [6.07, 6.45) is 3.29. The molecule has 130 valence electrons. The number of carbonyl (C=O) groups excluding carboxylic acids is 3. The molecule has 0 spiro atoms. The minimum Gasteiger partial charge on any atom is -0.467 e. The monoisotopic (exact) mass is 341 g/mol. The fraction of sp³-hybridized carbons (Fsp3) is 0.278. The van der Waals surface area contributed by atoms with Gasteiger partial charge in [0.05, 0.1) is 12.8 Å². The molecule has 0 saturated carbocycles. The second-order valence-electron chi connectivity index (χ2n) is 5.83. The molecule has 0 saturated heterocycles. The number of nitrogens with zero attached hydrogens (tertiary/aromatic N) is 1. The minimum atomic E-state index is -0.767. The number of amides is 3. The molecule has 1 aliphatic heterocycles. The smallest absolute Gasteiger partial charge is 0.313 e. The summed E-state index contributed by atoms with van der Waals surface area (Å²) in [5, 5.41) is 5.05. The Hall–Kier alpha value is -3.09. The van der Waals surface area contributed by atoms with E-state index in [9.17, 15) is 14.4 Å². The van der Waals surface area contributed by atoms with Gasteiger partial charge in [0.2, 0.25) is 5.91 Å². The molecule has 1 aliphatic rings. The first kappa shape index (κ1) is 16.8. The Bertz CT molecular complexity index is 799. The SMILES string of the molecule is CC(=O)N1CCCc2ccc(NC(=O)C(=O)NCc3ccco3)cc21. The zero-order valence-corrected chi connectivity index (χ0v) is 13.9. The van der Waals surface area contributed by atoms with E-state index in [1.807, 2.05) is 6.07 Å². The maximum Gasteiger partial charge on any atom is 0.313 e. The fourth-order valence-electron chi connectivity index (χ4n) is 2.83. The van der Waals surface area contributed by atoms with Gasteiger partial charge in [-0.2, -0.15) is 0 Å². The van der Waals surface area contributed by atoms with Crippen LogP contribution in [0.4, 0.5) is 11.4 Å². The first-order valence-electron chi connectivity index (χ1n) is 8.07. The second kappa shape index (κ2) is 7.21. The van der Waals surface area contributed by atoms with Crippen molar-refractivity contribution >= 4 is 29.1 Å². The van der Waals surface area contributed by atoms with Crippen LogP contribution in [0.25, 0.3) is 0 Å². The quantitative estimate of drug-likeness (QED) is 0.833. The van der Waals surface area contributed by atoms with E-state index in [-0.39, 0.29) is 12.5 Å². The minimum absolute atomic E-state index is 0.0411. The van der Waals surface area contributed by atoms with Crippen LogP contribution in [0.2, 0.25) is 0 Å². The van der Waals surface area contributed by atoms with Gasteiger partial charge in [-0.3, -0.25) is 14.4 Å². The number of anilines is 2. The molecule has 25 heavy (non-hydrogen) atoms. The maximum atomic E-state index is 12.0. The van der Waals surface area contributed by atoms with Crippen LogP contribution in [0.5, 0.6) is 0 Å². The van der Waals surface area contributed by atoms with Crippen molar-refractivity contribution in [3.63, 3.8) is 0 Å². The van der Waals surface area contributed by atoms with Gasteiger partial charge < -0.3 is 20.0 Å². The molecular formula is C18H19N3O4. The van der Waals surface area contributed by atoms with Gasteiger partial charge >= 0.3 is 11.8 Å². The summed E-state index contributed by atoms with van der Waals surface area (Å²) in [7, 11) is 0. The highest BCUT2D eigenvalue weighted by Gasteiger charge is 2.21. The number of hydrogen-bond donors (Lipinski definition) is 2. The highest BCUT2D eigenvalue weighted by Crippen LogP contribution is 2.30. The average molecular weight is 341 g/mol. The van der Waals surface area contributed by atoms with Crippen molar-refractivity contribution < 1.29 is 18.8 Å². The van der Waals surface area contributed by atoms with E-state index < -0.39 is 11.8 Å². The maximum absolute atomic E-state index is 12.0. The van der Waals surface area contributed by atoms with Crippen LogP contribution in [0.15, 0.2) is 41.0 Å². The van der Waals surface area contributed by atoms with Crippen LogP contribution in [0.1, 0.15) is 24.7 Å². The van der Waals surface area contributed by atoms with Crippen molar-refractivity contribution in [1.29, 1.82) is 0 Å². The standard InChI is InChI=1S/C18H19N3O4/c1-12(22)21-8-2-4-13-6-7-14(10-16(13)21)20-18(24)17(23)19-11-15-5-3-9-25-15/h3,5-7,9-10H,2,4,8,11H2,1H3,(H,19,23)(H,20,24). The number of furan rings is 1. The van der Waals surface area contributed by atoms with Crippen LogP contribution in [-0.4, -0.2) is 24.3 Å². The van der Waals surface area contributed by atoms with E-state index in [1.165, 1.54) is 13.2 Å². The molecule has 0 radical (unpaired) electrons. The normalized spacial score (nSPS) is 13.1.